The van der Waals surface area contributed by atoms with Crippen LogP contribution >= 0.6 is 0 Å². The number of aryl methyl sites for hydroxylation is 1. The van der Waals surface area contributed by atoms with Crippen LogP contribution in [0.3, 0.4) is 0 Å². The number of hydrogen-bond donors (Lipinski definition) is 1. The maximum Gasteiger partial charge on any atom is 0.241 e. The minimum atomic E-state index is -0.105. The third-order valence-electron chi connectivity index (χ3n) is 5.18. The summed E-state index contributed by atoms with van der Waals surface area (Å²) in [6.45, 7) is 9.05. The Labute approximate surface area is 156 Å². The van der Waals surface area contributed by atoms with Gasteiger partial charge in [-0.1, -0.05) is 42.5 Å². The van der Waals surface area contributed by atoms with E-state index in [1.54, 1.807) is 0 Å². The highest BCUT2D eigenvalue weighted by molar-refractivity contribution is 5.94. The predicted molar refractivity (Wildman–Crippen MR) is 107 cm³/mol. The summed E-state index contributed by atoms with van der Waals surface area (Å²) in [5.74, 6) is 0.0772. The van der Waals surface area contributed by atoms with Gasteiger partial charge in [0.25, 0.3) is 0 Å². The zero-order chi connectivity index (χ0) is 18.4. The number of carbonyl (C=O) groups is 1. The minimum absolute atomic E-state index is 0.0772. The van der Waals surface area contributed by atoms with Crippen molar-refractivity contribution < 1.29 is 4.79 Å². The van der Waals surface area contributed by atoms with E-state index in [1.165, 1.54) is 5.56 Å². The maximum atomic E-state index is 12.5. The van der Waals surface area contributed by atoms with Crippen molar-refractivity contribution in [3.8, 4) is 0 Å². The van der Waals surface area contributed by atoms with Crippen LogP contribution in [0.2, 0.25) is 0 Å². The molecule has 2 aromatic rings. The van der Waals surface area contributed by atoms with Gasteiger partial charge in [0.15, 0.2) is 0 Å². The van der Waals surface area contributed by atoms with E-state index in [-0.39, 0.29) is 11.9 Å². The van der Waals surface area contributed by atoms with Crippen LogP contribution in [-0.4, -0.2) is 54.5 Å². The van der Waals surface area contributed by atoms with Crippen molar-refractivity contribution in [2.45, 2.75) is 26.3 Å². The second-order valence-corrected chi connectivity index (χ2v) is 7.15. The lowest BCUT2D eigenvalue weighted by Crippen LogP contribution is -2.53. The molecule has 1 fully saturated rings. The molecule has 0 bridgehead atoms. The van der Waals surface area contributed by atoms with Crippen molar-refractivity contribution in [3.63, 3.8) is 0 Å². The average Bonchev–Trinajstić information content (AvgIpc) is 2.67. The van der Waals surface area contributed by atoms with Gasteiger partial charge in [0.05, 0.1) is 6.04 Å². The number of nitrogens with zero attached hydrogens (tertiary/aromatic N) is 2. The second kappa shape index (κ2) is 8.97. The Morgan fingerprint density at radius 3 is 2.46 bits per heavy atom. The number of piperazine rings is 1. The molecule has 138 valence electrons. The molecule has 0 unspecified atom stereocenters. The van der Waals surface area contributed by atoms with Crippen molar-refractivity contribution in [3.05, 3.63) is 65.7 Å². The lowest BCUT2D eigenvalue weighted by Gasteiger charge is -2.37. The van der Waals surface area contributed by atoms with Crippen LogP contribution < -0.4 is 5.32 Å². The molecule has 1 N–H and O–H groups in total. The summed E-state index contributed by atoms with van der Waals surface area (Å²) >= 11 is 0. The first-order valence-electron chi connectivity index (χ1n) is 9.50. The van der Waals surface area contributed by atoms with Crippen LogP contribution in [0, 0.1) is 6.92 Å². The van der Waals surface area contributed by atoms with Gasteiger partial charge in [0, 0.05) is 38.4 Å². The van der Waals surface area contributed by atoms with E-state index in [9.17, 15) is 4.79 Å². The number of hydrogen-bond acceptors (Lipinski definition) is 3. The average molecular weight is 351 g/mol. The lowest BCUT2D eigenvalue weighted by molar-refractivity contribution is -0.121. The summed E-state index contributed by atoms with van der Waals surface area (Å²) in [6.07, 6.45) is 1.09. The third kappa shape index (κ3) is 5.16. The van der Waals surface area contributed by atoms with Crippen molar-refractivity contribution >= 4 is 11.6 Å². The molecule has 1 amide bonds. The Kier molecular flexibility index (Phi) is 6.42. The van der Waals surface area contributed by atoms with Crippen LogP contribution in [0.25, 0.3) is 0 Å². The summed E-state index contributed by atoms with van der Waals surface area (Å²) < 4.78 is 0. The first-order chi connectivity index (χ1) is 12.6. The van der Waals surface area contributed by atoms with E-state index in [0.29, 0.717) is 0 Å². The molecule has 0 radical (unpaired) electrons. The molecule has 1 aliphatic heterocycles. The van der Waals surface area contributed by atoms with Crippen LogP contribution in [0.4, 0.5) is 5.69 Å². The fraction of sp³-hybridized carbons (Fsp3) is 0.409. The Hall–Kier alpha value is -2.17. The zero-order valence-electron chi connectivity index (χ0n) is 15.8. The molecular weight excluding hydrogens is 322 g/mol. The fourth-order valence-corrected chi connectivity index (χ4v) is 3.44. The molecule has 2 aromatic carbocycles. The standard InChI is InChI=1S/C22H29N3O/c1-18-7-6-10-21(17-18)23-22(26)19(2)25-15-13-24(14-16-25)12-11-20-8-4-3-5-9-20/h3-10,17,19H,11-16H2,1-2H3,(H,23,26)/t19-/m0/s1. The Morgan fingerprint density at radius 1 is 1.04 bits per heavy atom. The molecule has 26 heavy (non-hydrogen) atoms. The van der Waals surface area contributed by atoms with Crippen LogP contribution in [0.1, 0.15) is 18.1 Å². The zero-order valence-corrected chi connectivity index (χ0v) is 15.8. The van der Waals surface area contributed by atoms with Gasteiger partial charge < -0.3 is 10.2 Å². The molecule has 4 nitrogen and oxygen atoms in total. The Balaban J connectivity index is 1.44. The first-order valence-corrected chi connectivity index (χ1v) is 9.50. The predicted octanol–water partition coefficient (Wildman–Crippen LogP) is 3.18. The van der Waals surface area contributed by atoms with Gasteiger partial charge in [-0.2, -0.15) is 0 Å². The van der Waals surface area contributed by atoms with E-state index < -0.39 is 0 Å². The van der Waals surface area contributed by atoms with Crippen molar-refractivity contribution in [1.29, 1.82) is 0 Å². The molecule has 1 saturated heterocycles. The summed E-state index contributed by atoms with van der Waals surface area (Å²) in [5.41, 5.74) is 3.42. The molecule has 4 heteroatoms. The van der Waals surface area contributed by atoms with Crippen molar-refractivity contribution in [1.82, 2.24) is 9.80 Å². The highest BCUT2D eigenvalue weighted by Gasteiger charge is 2.25. The summed E-state index contributed by atoms with van der Waals surface area (Å²) in [5, 5.41) is 3.04. The van der Waals surface area contributed by atoms with Crippen molar-refractivity contribution in [2.24, 2.45) is 0 Å². The topological polar surface area (TPSA) is 35.6 Å². The van der Waals surface area contributed by atoms with Crippen LogP contribution in [0.15, 0.2) is 54.6 Å². The third-order valence-corrected chi connectivity index (χ3v) is 5.18. The second-order valence-electron chi connectivity index (χ2n) is 7.15. The smallest absolute Gasteiger partial charge is 0.241 e. The monoisotopic (exact) mass is 351 g/mol. The number of nitrogens with one attached hydrogen (secondary N) is 1. The number of carbonyl (C=O) groups excluding carboxylic acids is 1. The molecular formula is C22H29N3O. The summed E-state index contributed by atoms with van der Waals surface area (Å²) in [6, 6.07) is 18.5. The van der Waals surface area contributed by atoms with Gasteiger partial charge >= 0.3 is 0 Å². The molecule has 0 aliphatic carbocycles. The normalized spacial score (nSPS) is 17.0. The van der Waals surface area contributed by atoms with Gasteiger partial charge in [0.2, 0.25) is 5.91 Å². The molecule has 3 rings (SSSR count). The Bertz CT molecular complexity index is 708. The van der Waals surface area contributed by atoms with Gasteiger partial charge in [0.1, 0.15) is 0 Å². The van der Waals surface area contributed by atoms with E-state index in [0.717, 1.165) is 50.4 Å². The lowest BCUT2D eigenvalue weighted by atomic mass is 10.1. The van der Waals surface area contributed by atoms with Crippen LogP contribution in [0.5, 0.6) is 0 Å². The molecule has 0 saturated carbocycles. The van der Waals surface area contributed by atoms with Gasteiger partial charge in [-0.15, -0.1) is 0 Å². The SMILES string of the molecule is Cc1cccc(NC(=O)[C@H](C)N2CCN(CCc3ccccc3)CC2)c1. The van der Waals surface area contributed by atoms with Crippen LogP contribution in [-0.2, 0) is 11.2 Å². The number of amides is 1. The number of benzene rings is 2. The van der Waals surface area contributed by atoms with Gasteiger partial charge in [-0.3, -0.25) is 9.69 Å². The quantitative estimate of drug-likeness (QED) is 0.868. The van der Waals surface area contributed by atoms with E-state index in [2.05, 4.69) is 45.4 Å². The number of anilines is 1. The molecule has 0 spiro atoms. The van der Waals surface area contributed by atoms with Gasteiger partial charge in [-0.25, -0.2) is 0 Å². The molecule has 1 atom stereocenters. The minimum Gasteiger partial charge on any atom is -0.325 e. The fourth-order valence-electron chi connectivity index (χ4n) is 3.44. The first kappa shape index (κ1) is 18.6. The molecule has 0 aromatic heterocycles. The van der Waals surface area contributed by atoms with E-state index in [4.69, 9.17) is 0 Å². The summed E-state index contributed by atoms with van der Waals surface area (Å²) in [7, 11) is 0. The molecule has 1 aliphatic rings. The number of rotatable bonds is 6. The summed E-state index contributed by atoms with van der Waals surface area (Å²) in [4.78, 5) is 17.3. The molecule has 1 heterocycles. The Morgan fingerprint density at radius 2 is 1.77 bits per heavy atom. The van der Waals surface area contributed by atoms with Crippen molar-refractivity contribution in [2.75, 3.05) is 38.0 Å². The van der Waals surface area contributed by atoms with E-state index >= 15 is 0 Å². The largest absolute Gasteiger partial charge is 0.325 e. The van der Waals surface area contributed by atoms with Gasteiger partial charge in [-0.05, 0) is 43.5 Å². The highest BCUT2D eigenvalue weighted by atomic mass is 16.2. The highest BCUT2D eigenvalue weighted by Crippen LogP contribution is 2.13. The maximum absolute atomic E-state index is 12.5. The van der Waals surface area contributed by atoms with E-state index in [1.807, 2.05) is 38.1 Å².